The highest BCUT2D eigenvalue weighted by Gasteiger charge is 2.46. The minimum Gasteiger partial charge on any atom is -0.507 e. The molecule has 1 unspecified atom stereocenters. The van der Waals surface area contributed by atoms with Gasteiger partial charge in [-0.1, -0.05) is 0 Å². The Labute approximate surface area is 179 Å². The zero-order chi connectivity index (χ0) is 23.3. The molecule has 1 saturated heterocycles. The summed E-state index contributed by atoms with van der Waals surface area (Å²) in [5.74, 6) is -2.28. The number of ether oxygens (including phenoxy) is 1. The normalized spacial score (nSPS) is 25.8. The Hall–Kier alpha value is -3.35. The van der Waals surface area contributed by atoms with Crippen LogP contribution in [0.15, 0.2) is 39.5 Å². The molecule has 5 atom stereocenters. The quantitative estimate of drug-likeness (QED) is 0.247. The maximum absolute atomic E-state index is 12.8. The van der Waals surface area contributed by atoms with E-state index in [1.54, 1.807) is 0 Å². The predicted octanol–water partition coefficient (Wildman–Crippen LogP) is -0.203. The molecule has 2 heterocycles. The number of phenolic OH excluding ortho intramolecular Hbond substituents is 4. The summed E-state index contributed by atoms with van der Waals surface area (Å²) in [6.45, 7) is -0.722. The van der Waals surface area contributed by atoms with Crippen LogP contribution in [0.25, 0.3) is 22.3 Å². The van der Waals surface area contributed by atoms with Crippen molar-refractivity contribution in [3.05, 3.63) is 46.1 Å². The van der Waals surface area contributed by atoms with Crippen LogP contribution in [-0.4, -0.2) is 71.9 Å². The number of aromatic hydroxyl groups is 4. The van der Waals surface area contributed by atoms with Gasteiger partial charge < -0.3 is 50.0 Å². The van der Waals surface area contributed by atoms with Gasteiger partial charge in [-0.15, -0.1) is 0 Å². The Balaban J connectivity index is 1.97. The summed E-state index contributed by atoms with van der Waals surface area (Å²) in [4.78, 5) is 12.8. The first-order valence-corrected chi connectivity index (χ1v) is 9.49. The van der Waals surface area contributed by atoms with Crippen LogP contribution in [0.4, 0.5) is 0 Å². The van der Waals surface area contributed by atoms with Crippen molar-refractivity contribution in [3.63, 3.8) is 0 Å². The molecule has 1 aromatic heterocycles. The van der Waals surface area contributed by atoms with Gasteiger partial charge >= 0.3 is 0 Å². The summed E-state index contributed by atoms with van der Waals surface area (Å²) in [7, 11) is 0. The molecule has 2 aromatic carbocycles. The van der Waals surface area contributed by atoms with E-state index in [1.807, 2.05) is 0 Å². The van der Waals surface area contributed by atoms with Crippen LogP contribution in [0, 0.1) is 0 Å². The fourth-order valence-corrected chi connectivity index (χ4v) is 3.76. The molecular formula is C21H20O11. The monoisotopic (exact) mass is 448 g/mol. The highest BCUT2D eigenvalue weighted by atomic mass is 16.5. The number of benzene rings is 2. The van der Waals surface area contributed by atoms with Crippen molar-refractivity contribution >= 4 is 11.0 Å². The summed E-state index contributed by atoms with van der Waals surface area (Å²) in [5, 5.41) is 79.7. The maximum Gasteiger partial charge on any atom is 0.197 e. The third kappa shape index (κ3) is 3.42. The molecule has 1 aliphatic heterocycles. The number of rotatable bonds is 3. The summed E-state index contributed by atoms with van der Waals surface area (Å²) in [6, 6.07) is 5.47. The first-order chi connectivity index (χ1) is 15.1. The minimum absolute atomic E-state index is 0.117. The van der Waals surface area contributed by atoms with Crippen LogP contribution in [0.2, 0.25) is 0 Å². The molecule has 170 valence electrons. The summed E-state index contributed by atoms with van der Waals surface area (Å²) >= 11 is 0. The van der Waals surface area contributed by atoms with E-state index in [1.165, 1.54) is 6.07 Å². The number of phenols is 4. The van der Waals surface area contributed by atoms with E-state index in [4.69, 9.17) is 9.15 Å². The van der Waals surface area contributed by atoms with E-state index in [0.29, 0.717) is 0 Å². The molecule has 4 rings (SSSR count). The van der Waals surface area contributed by atoms with E-state index in [0.717, 1.165) is 24.3 Å². The van der Waals surface area contributed by atoms with Crippen LogP contribution >= 0.6 is 0 Å². The lowest BCUT2D eigenvalue weighted by molar-refractivity contribution is -0.231. The third-order valence-electron chi connectivity index (χ3n) is 5.43. The van der Waals surface area contributed by atoms with Gasteiger partial charge in [-0.25, -0.2) is 0 Å². The van der Waals surface area contributed by atoms with Crippen molar-refractivity contribution in [2.45, 2.75) is 30.5 Å². The Bertz CT molecular complexity index is 1230. The Kier molecular flexibility index (Phi) is 5.44. The van der Waals surface area contributed by atoms with Gasteiger partial charge in [-0.05, 0) is 18.2 Å². The fraction of sp³-hybridized carbons (Fsp3) is 0.286. The van der Waals surface area contributed by atoms with E-state index in [2.05, 4.69) is 0 Å². The Morgan fingerprint density at radius 3 is 2.19 bits per heavy atom. The standard InChI is InChI=1S/C21H20O11/c22-6-14-17(28)18(29)19(30)21(32-14)16-11(26)4-10(25)15-12(27)5-13(31-20(15)16)7-1-2-8(23)9(24)3-7/h1-5,14,17-19,21-26,28-30H,6H2/t14-,17+,18+,19-,21?/m1/s1. The smallest absolute Gasteiger partial charge is 0.197 e. The molecule has 32 heavy (non-hydrogen) atoms. The molecular weight excluding hydrogens is 428 g/mol. The lowest BCUT2D eigenvalue weighted by Gasteiger charge is -2.40. The van der Waals surface area contributed by atoms with Gasteiger partial charge in [0.25, 0.3) is 0 Å². The molecule has 0 aliphatic carbocycles. The van der Waals surface area contributed by atoms with E-state index < -0.39 is 65.6 Å². The summed E-state index contributed by atoms with van der Waals surface area (Å²) in [6.07, 6.45) is -8.07. The number of aliphatic hydroxyl groups is 4. The zero-order valence-electron chi connectivity index (χ0n) is 16.3. The van der Waals surface area contributed by atoms with Crippen molar-refractivity contribution in [1.29, 1.82) is 0 Å². The second kappa shape index (κ2) is 7.97. The van der Waals surface area contributed by atoms with Crippen LogP contribution < -0.4 is 5.43 Å². The molecule has 8 N–H and O–H groups in total. The van der Waals surface area contributed by atoms with Gasteiger partial charge in [0.05, 0.1) is 12.2 Å². The van der Waals surface area contributed by atoms with Gasteiger partial charge in [0.15, 0.2) is 22.5 Å². The van der Waals surface area contributed by atoms with Crippen molar-refractivity contribution in [2.24, 2.45) is 0 Å². The Morgan fingerprint density at radius 1 is 0.812 bits per heavy atom. The average Bonchev–Trinajstić information content (AvgIpc) is 2.74. The third-order valence-corrected chi connectivity index (χ3v) is 5.43. The van der Waals surface area contributed by atoms with E-state index in [-0.39, 0.29) is 27.9 Å². The second-order valence-corrected chi connectivity index (χ2v) is 7.46. The average molecular weight is 448 g/mol. The molecule has 0 saturated carbocycles. The van der Waals surface area contributed by atoms with Gasteiger partial charge in [-0.2, -0.15) is 0 Å². The van der Waals surface area contributed by atoms with Crippen LogP contribution in [0.5, 0.6) is 23.0 Å². The molecule has 3 aromatic rings. The van der Waals surface area contributed by atoms with Crippen molar-refractivity contribution in [1.82, 2.24) is 0 Å². The lowest BCUT2D eigenvalue weighted by Crippen LogP contribution is -2.55. The molecule has 1 fully saturated rings. The van der Waals surface area contributed by atoms with Crippen molar-refractivity contribution < 1.29 is 50.0 Å². The molecule has 11 heteroatoms. The molecule has 1 aliphatic rings. The summed E-state index contributed by atoms with van der Waals surface area (Å²) < 4.78 is 11.2. The van der Waals surface area contributed by atoms with Gasteiger partial charge in [0.1, 0.15) is 53.2 Å². The number of aliphatic hydroxyl groups excluding tert-OH is 4. The molecule has 0 bridgehead atoms. The SMILES string of the molecule is O=c1cc(-c2ccc(O)c(O)c2)oc2c(C3O[C@H](CO)[C@H](O)[C@H](O)[C@H]3O)c(O)cc(O)c12. The Morgan fingerprint density at radius 2 is 1.53 bits per heavy atom. The van der Waals surface area contributed by atoms with Gasteiger partial charge in [-0.3, -0.25) is 4.79 Å². The highest BCUT2D eigenvalue weighted by Crippen LogP contribution is 2.44. The number of fused-ring (bicyclic) bond motifs is 1. The van der Waals surface area contributed by atoms with Crippen molar-refractivity contribution in [2.75, 3.05) is 6.61 Å². The fourth-order valence-electron chi connectivity index (χ4n) is 3.76. The number of hydrogen-bond donors (Lipinski definition) is 8. The first-order valence-electron chi connectivity index (χ1n) is 9.49. The second-order valence-electron chi connectivity index (χ2n) is 7.46. The van der Waals surface area contributed by atoms with Gasteiger partial charge in [0, 0.05) is 17.7 Å². The zero-order valence-corrected chi connectivity index (χ0v) is 16.3. The van der Waals surface area contributed by atoms with Crippen LogP contribution in [-0.2, 0) is 4.74 Å². The highest BCUT2D eigenvalue weighted by molar-refractivity contribution is 5.89. The lowest BCUT2D eigenvalue weighted by atomic mass is 9.89. The maximum atomic E-state index is 12.8. The van der Waals surface area contributed by atoms with Crippen LogP contribution in [0.1, 0.15) is 11.7 Å². The summed E-state index contributed by atoms with van der Waals surface area (Å²) in [5.41, 5.74) is -1.27. The van der Waals surface area contributed by atoms with Gasteiger partial charge in [0.2, 0.25) is 0 Å². The molecule has 11 nitrogen and oxygen atoms in total. The largest absolute Gasteiger partial charge is 0.507 e. The predicted molar refractivity (Wildman–Crippen MR) is 107 cm³/mol. The van der Waals surface area contributed by atoms with Crippen molar-refractivity contribution in [3.8, 4) is 34.3 Å². The molecule has 0 amide bonds. The molecule has 0 radical (unpaired) electrons. The van der Waals surface area contributed by atoms with E-state index in [9.17, 15) is 45.6 Å². The minimum atomic E-state index is -1.79. The first kappa shape index (κ1) is 21.9. The topological polar surface area (TPSA) is 201 Å². The van der Waals surface area contributed by atoms with Crippen LogP contribution in [0.3, 0.4) is 0 Å². The number of hydrogen-bond acceptors (Lipinski definition) is 11. The van der Waals surface area contributed by atoms with E-state index >= 15 is 0 Å². The molecule has 0 spiro atoms.